The molecule has 1 aliphatic carbocycles. The van der Waals surface area contributed by atoms with Crippen LogP contribution < -0.4 is 0 Å². The highest BCUT2D eigenvalue weighted by atomic mass is 16.2. The van der Waals surface area contributed by atoms with Crippen LogP contribution in [-0.4, -0.2) is 42.8 Å². The Morgan fingerprint density at radius 1 is 1.06 bits per heavy atom. The van der Waals surface area contributed by atoms with Crippen LogP contribution in [0.2, 0.25) is 0 Å². The first kappa shape index (κ1) is 20.5. The van der Waals surface area contributed by atoms with Crippen LogP contribution >= 0.6 is 0 Å². The fourth-order valence-corrected chi connectivity index (χ4v) is 4.88. The second-order valence-corrected chi connectivity index (χ2v) is 8.74. The fraction of sp³-hybridized carbons (Fsp3) is 0.400. The molecule has 1 spiro atoms. The van der Waals surface area contributed by atoms with Crippen molar-refractivity contribution in [2.24, 2.45) is 4.99 Å². The summed E-state index contributed by atoms with van der Waals surface area (Å²) in [6.45, 7) is 2.76. The van der Waals surface area contributed by atoms with E-state index in [4.69, 9.17) is 4.99 Å². The molecule has 1 N–H and O–H groups in total. The van der Waals surface area contributed by atoms with E-state index in [0.717, 1.165) is 73.0 Å². The minimum absolute atomic E-state index is 0.202. The molecule has 1 amide bonds. The predicted molar refractivity (Wildman–Crippen MR) is 124 cm³/mol. The lowest BCUT2D eigenvalue weighted by Gasteiger charge is -2.23. The van der Waals surface area contributed by atoms with Crippen molar-refractivity contribution in [1.82, 2.24) is 25.5 Å². The number of carbonyl (C=O) groups excluding carboxylic acids is 1. The van der Waals surface area contributed by atoms with E-state index in [-0.39, 0.29) is 5.91 Å². The zero-order chi connectivity index (χ0) is 22.0. The maximum Gasteiger partial charge on any atom is 0.256 e. The molecule has 0 radical (unpaired) electrons. The zero-order valence-electron chi connectivity index (χ0n) is 18.4. The molecular formula is C25H28N6O. The van der Waals surface area contributed by atoms with Gasteiger partial charge in [0.1, 0.15) is 11.4 Å². The van der Waals surface area contributed by atoms with Gasteiger partial charge in [0.2, 0.25) is 5.82 Å². The zero-order valence-corrected chi connectivity index (χ0v) is 18.4. The van der Waals surface area contributed by atoms with Gasteiger partial charge in [0.25, 0.3) is 5.91 Å². The van der Waals surface area contributed by atoms with Crippen LogP contribution in [-0.2, 0) is 11.3 Å². The number of amides is 1. The summed E-state index contributed by atoms with van der Waals surface area (Å²) in [5.74, 6) is 1.75. The van der Waals surface area contributed by atoms with Gasteiger partial charge in [0, 0.05) is 12.0 Å². The summed E-state index contributed by atoms with van der Waals surface area (Å²) < 4.78 is 0. The van der Waals surface area contributed by atoms with Crippen LogP contribution in [0.25, 0.3) is 22.5 Å². The molecule has 32 heavy (non-hydrogen) atoms. The first-order valence-electron chi connectivity index (χ1n) is 11.5. The van der Waals surface area contributed by atoms with Gasteiger partial charge >= 0.3 is 0 Å². The maximum atomic E-state index is 13.4. The van der Waals surface area contributed by atoms with E-state index in [2.05, 4.69) is 57.9 Å². The Kier molecular flexibility index (Phi) is 5.55. The lowest BCUT2D eigenvalue weighted by molar-refractivity contribution is -0.131. The van der Waals surface area contributed by atoms with Crippen molar-refractivity contribution >= 4 is 11.7 Å². The molecule has 1 aromatic heterocycles. The first-order chi connectivity index (χ1) is 15.7. The van der Waals surface area contributed by atoms with Crippen LogP contribution in [0.1, 0.15) is 57.4 Å². The van der Waals surface area contributed by atoms with E-state index in [1.807, 2.05) is 23.1 Å². The van der Waals surface area contributed by atoms with Gasteiger partial charge in [-0.3, -0.25) is 14.7 Å². The number of hydrogen-bond acceptors (Lipinski definition) is 5. The molecule has 1 aliphatic heterocycles. The Balaban J connectivity index is 1.38. The van der Waals surface area contributed by atoms with E-state index < -0.39 is 5.54 Å². The third-order valence-electron chi connectivity index (χ3n) is 6.60. The highest BCUT2D eigenvalue weighted by Crippen LogP contribution is 2.40. The molecule has 0 saturated heterocycles. The van der Waals surface area contributed by atoms with E-state index in [1.54, 1.807) is 0 Å². The molecule has 7 heteroatoms. The number of unbranched alkanes of at least 4 members (excludes halogenated alkanes) is 1. The lowest BCUT2D eigenvalue weighted by atomic mass is 9.98. The Morgan fingerprint density at radius 2 is 1.81 bits per heavy atom. The molecule has 0 atom stereocenters. The molecule has 0 bridgehead atoms. The largest absolute Gasteiger partial charge is 0.294 e. The smallest absolute Gasteiger partial charge is 0.256 e. The van der Waals surface area contributed by atoms with E-state index >= 15 is 0 Å². The number of benzene rings is 2. The summed E-state index contributed by atoms with van der Waals surface area (Å²) in [4.78, 5) is 20.3. The number of aliphatic imine (C=N–C) groups is 1. The van der Waals surface area contributed by atoms with Crippen molar-refractivity contribution in [3.63, 3.8) is 0 Å². The molecule has 2 aromatic carbocycles. The van der Waals surface area contributed by atoms with Gasteiger partial charge < -0.3 is 0 Å². The highest BCUT2D eigenvalue weighted by Gasteiger charge is 2.49. The minimum atomic E-state index is -0.480. The molecule has 164 valence electrons. The van der Waals surface area contributed by atoms with Gasteiger partial charge in [0.05, 0.1) is 6.54 Å². The van der Waals surface area contributed by atoms with Crippen molar-refractivity contribution in [2.45, 2.75) is 64.0 Å². The number of tetrazole rings is 1. The number of hydrogen-bond donors (Lipinski definition) is 1. The summed E-state index contributed by atoms with van der Waals surface area (Å²) in [7, 11) is 0. The average molecular weight is 431 g/mol. The summed E-state index contributed by atoms with van der Waals surface area (Å²) in [5.41, 5.74) is 3.69. The van der Waals surface area contributed by atoms with E-state index in [9.17, 15) is 4.79 Å². The molecule has 0 unspecified atom stereocenters. The molecule has 5 rings (SSSR count). The summed E-state index contributed by atoms with van der Waals surface area (Å²) >= 11 is 0. The Bertz CT molecular complexity index is 1110. The van der Waals surface area contributed by atoms with Crippen molar-refractivity contribution in [2.75, 3.05) is 0 Å². The summed E-state index contributed by atoms with van der Waals surface area (Å²) in [6, 6.07) is 16.4. The van der Waals surface area contributed by atoms with E-state index in [1.165, 1.54) is 0 Å². The summed E-state index contributed by atoms with van der Waals surface area (Å²) in [6.07, 6.45) is 7.01. The van der Waals surface area contributed by atoms with Gasteiger partial charge in [-0.25, -0.2) is 0 Å². The second kappa shape index (κ2) is 8.65. The number of amidine groups is 1. The normalized spacial score (nSPS) is 17.3. The van der Waals surface area contributed by atoms with Crippen LogP contribution in [0.5, 0.6) is 0 Å². The van der Waals surface area contributed by atoms with Gasteiger partial charge in [-0.15, -0.1) is 10.2 Å². The fourth-order valence-electron chi connectivity index (χ4n) is 4.88. The number of carbonyl (C=O) groups is 1. The Morgan fingerprint density at radius 3 is 2.50 bits per heavy atom. The third kappa shape index (κ3) is 3.72. The van der Waals surface area contributed by atoms with Gasteiger partial charge in [0.15, 0.2) is 0 Å². The molecule has 1 fully saturated rings. The predicted octanol–water partition coefficient (Wildman–Crippen LogP) is 4.78. The number of nitrogens with zero attached hydrogens (tertiary/aromatic N) is 5. The standard InChI is InChI=1S/C25H28N6O/c1-2-3-10-22-26-25(15-6-7-16-25)24(32)31(22)17-18-11-13-19(14-12-18)20-8-4-5-9-21(20)23-27-29-30-28-23/h4-5,8-9,11-14H,2-3,6-7,10,15-17H2,1H3,(H,27,28,29,30)/i17+2. The molecule has 2 heterocycles. The molecule has 2 aliphatic rings. The van der Waals surface area contributed by atoms with Crippen molar-refractivity contribution < 1.29 is 4.79 Å². The van der Waals surface area contributed by atoms with Gasteiger partial charge in [-0.05, 0) is 41.2 Å². The van der Waals surface area contributed by atoms with Crippen LogP contribution in [0.4, 0.5) is 0 Å². The quantitative estimate of drug-likeness (QED) is 0.584. The monoisotopic (exact) mass is 430 g/mol. The average Bonchev–Trinajstić information content (AvgIpc) is 3.58. The topological polar surface area (TPSA) is 87.1 Å². The number of aromatic nitrogens is 4. The number of aromatic amines is 1. The number of H-pyrrole nitrogens is 1. The van der Waals surface area contributed by atoms with Gasteiger partial charge in [-0.1, -0.05) is 74.7 Å². The Hall–Kier alpha value is -3.35. The summed E-state index contributed by atoms with van der Waals surface area (Å²) in [5, 5.41) is 14.5. The number of nitrogens with one attached hydrogen (secondary N) is 1. The number of rotatable bonds is 7. The lowest BCUT2D eigenvalue weighted by Crippen LogP contribution is -2.40. The van der Waals surface area contributed by atoms with Crippen molar-refractivity contribution in [1.29, 1.82) is 0 Å². The van der Waals surface area contributed by atoms with Gasteiger partial charge in [-0.2, -0.15) is 5.21 Å². The van der Waals surface area contributed by atoms with Crippen LogP contribution in [0, 0.1) is 0 Å². The molecule has 7 nitrogen and oxygen atoms in total. The first-order valence-corrected chi connectivity index (χ1v) is 11.5. The van der Waals surface area contributed by atoms with E-state index in [0.29, 0.717) is 12.4 Å². The Labute approximate surface area is 188 Å². The molecular weight excluding hydrogens is 402 g/mol. The highest BCUT2D eigenvalue weighted by molar-refractivity contribution is 6.08. The van der Waals surface area contributed by atoms with Crippen molar-refractivity contribution in [3.8, 4) is 22.5 Å². The molecule has 3 aromatic rings. The minimum Gasteiger partial charge on any atom is -0.294 e. The maximum absolute atomic E-state index is 13.4. The second-order valence-electron chi connectivity index (χ2n) is 8.74. The van der Waals surface area contributed by atoms with Crippen LogP contribution in [0.3, 0.4) is 0 Å². The SMILES string of the molecule is CCCCC1=NC2(CCCC2)C(=O)N1[14CH2]c1ccc(-c2ccccc2-c2nn[nH]n2)cc1. The van der Waals surface area contributed by atoms with Crippen molar-refractivity contribution in [3.05, 3.63) is 54.1 Å². The third-order valence-corrected chi connectivity index (χ3v) is 6.60. The van der Waals surface area contributed by atoms with Crippen LogP contribution in [0.15, 0.2) is 53.5 Å². The molecule has 1 saturated carbocycles.